The normalized spacial score (nSPS) is 26.7. The fourth-order valence-corrected chi connectivity index (χ4v) is 4.92. The SMILES string of the molecule is Cc1cnc(C(O)C2CCOC3(CCSCC3)C2)c(C)c1. The van der Waals surface area contributed by atoms with Crippen LogP contribution in [0.3, 0.4) is 0 Å². The summed E-state index contributed by atoms with van der Waals surface area (Å²) in [6.45, 7) is 4.86. The summed E-state index contributed by atoms with van der Waals surface area (Å²) in [7, 11) is 0. The minimum absolute atomic E-state index is 0.0216. The van der Waals surface area contributed by atoms with Crippen LogP contribution in [0.5, 0.6) is 0 Å². The van der Waals surface area contributed by atoms with Gasteiger partial charge in [-0.3, -0.25) is 4.98 Å². The van der Waals surface area contributed by atoms with E-state index < -0.39 is 6.10 Å². The van der Waals surface area contributed by atoms with Crippen molar-refractivity contribution in [1.29, 1.82) is 0 Å². The van der Waals surface area contributed by atoms with Crippen LogP contribution in [-0.2, 0) is 4.74 Å². The molecule has 1 aromatic heterocycles. The number of aliphatic hydroxyl groups is 1. The van der Waals surface area contributed by atoms with Crippen molar-refractivity contribution in [3.8, 4) is 0 Å². The minimum Gasteiger partial charge on any atom is -0.387 e. The largest absolute Gasteiger partial charge is 0.387 e. The second-order valence-corrected chi connectivity index (χ2v) is 7.78. The van der Waals surface area contributed by atoms with Crippen molar-refractivity contribution in [1.82, 2.24) is 4.98 Å². The Labute approximate surface area is 131 Å². The highest BCUT2D eigenvalue weighted by Crippen LogP contribution is 2.43. The highest BCUT2D eigenvalue weighted by molar-refractivity contribution is 7.99. The van der Waals surface area contributed by atoms with E-state index in [1.54, 1.807) is 0 Å². The average molecular weight is 307 g/mol. The molecule has 1 aromatic rings. The van der Waals surface area contributed by atoms with E-state index in [0.717, 1.165) is 49.1 Å². The molecule has 0 aromatic carbocycles. The molecule has 2 unspecified atom stereocenters. The maximum atomic E-state index is 10.8. The van der Waals surface area contributed by atoms with Crippen LogP contribution < -0.4 is 0 Å². The van der Waals surface area contributed by atoms with E-state index in [4.69, 9.17) is 4.74 Å². The monoisotopic (exact) mass is 307 g/mol. The molecule has 0 radical (unpaired) electrons. The molecule has 3 heterocycles. The van der Waals surface area contributed by atoms with Crippen LogP contribution in [0.15, 0.2) is 12.3 Å². The van der Waals surface area contributed by atoms with E-state index in [1.807, 2.05) is 31.8 Å². The van der Waals surface area contributed by atoms with Gasteiger partial charge in [-0.1, -0.05) is 6.07 Å². The molecule has 1 N–H and O–H groups in total. The highest BCUT2D eigenvalue weighted by Gasteiger charge is 2.41. The zero-order valence-corrected chi connectivity index (χ0v) is 13.8. The number of aromatic nitrogens is 1. The molecule has 21 heavy (non-hydrogen) atoms. The molecule has 116 valence electrons. The van der Waals surface area contributed by atoms with Gasteiger partial charge in [-0.25, -0.2) is 0 Å². The third kappa shape index (κ3) is 3.27. The Hall–Kier alpha value is -0.580. The van der Waals surface area contributed by atoms with Gasteiger partial charge in [0.25, 0.3) is 0 Å². The predicted octanol–water partition coefficient (Wildman–Crippen LogP) is 3.42. The van der Waals surface area contributed by atoms with Gasteiger partial charge >= 0.3 is 0 Å². The number of hydrogen-bond donors (Lipinski definition) is 1. The second kappa shape index (κ2) is 6.27. The topological polar surface area (TPSA) is 42.4 Å². The number of aliphatic hydroxyl groups excluding tert-OH is 1. The summed E-state index contributed by atoms with van der Waals surface area (Å²) in [6, 6.07) is 2.11. The molecule has 2 saturated heterocycles. The molecular formula is C17H25NO2S. The average Bonchev–Trinajstić information content (AvgIpc) is 2.47. The Morgan fingerprint density at radius 1 is 1.38 bits per heavy atom. The lowest BCUT2D eigenvalue weighted by atomic mass is 9.78. The van der Waals surface area contributed by atoms with Crippen molar-refractivity contribution in [2.24, 2.45) is 5.92 Å². The molecule has 1 spiro atoms. The summed E-state index contributed by atoms with van der Waals surface area (Å²) in [5, 5.41) is 10.8. The van der Waals surface area contributed by atoms with Crippen LogP contribution in [0.25, 0.3) is 0 Å². The van der Waals surface area contributed by atoms with E-state index in [0.29, 0.717) is 0 Å². The van der Waals surface area contributed by atoms with E-state index in [2.05, 4.69) is 11.1 Å². The Balaban J connectivity index is 1.76. The fraction of sp³-hybridized carbons (Fsp3) is 0.706. The Morgan fingerprint density at radius 2 is 2.14 bits per heavy atom. The first-order valence-electron chi connectivity index (χ1n) is 7.93. The van der Waals surface area contributed by atoms with Gasteiger partial charge in [0, 0.05) is 12.8 Å². The molecule has 0 amide bonds. The summed E-state index contributed by atoms with van der Waals surface area (Å²) >= 11 is 2.02. The van der Waals surface area contributed by atoms with E-state index in [1.165, 1.54) is 11.5 Å². The summed E-state index contributed by atoms with van der Waals surface area (Å²) in [5.74, 6) is 2.64. The lowest BCUT2D eigenvalue weighted by Crippen LogP contribution is -2.44. The molecule has 0 bridgehead atoms. The van der Waals surface area contributed by atoms with Gasteiger partial charge in [-0.05, 0) is 68.1 Å². The Kier molecular flexibility index (Phi) is 4.57. The minimum atomic E-state index is -0.457. The van der Waals surface area contributed by atoms with Crippen molar-refractivity contribution in [2.45, 2.75) is 51.2 Å². The van der Waals surface area contributed by atoms with Crippen molar-refractivity contribution < 1.29 is 9.84 Å². The molecule has 4 heteroatoms. The maximum absolute atomic E-state index is 10.8. The van der Waals surface area contributed by atoms with Crippen LogP contribution in [0.4, 0.5) is 0 Å². The zero-order chi connectivity index (χ0) is 14.9. The summed E-state index contributed by atoms with van der Waals surface area (Å²) in [5.41, 5.74) is 3.12. The van der Waals surface area contributed by atoms with Crippen molar-refractivity contribution in [3.05, 3.63) is 29.1 Å². The van der Waals surface area contributed by atoms with Crippen molar-refractivity contribution in [2.75, 3.05) is 18.1 Å². The quantitative estimate of drug-likeness (QED) is 0.909. The number of thioether (sulfide) groups is 1. The van der Waals surface area contributed by atoms with Gasteiger partial charge in [0.2, 0.25) is 0 Å². The summed E-state index contributed by atoms with van der Waals surface area (Å²) in [4.78, 5) is 4.49. The lowest BCUT2D eigenvalue weighted by molar-refractivity contribution is -0.121. The third-order valence-corrected chi connectivity index (χ3v) is 5.90. The van der Waals surface area contributed by atoms with Gasteiger partial charge in [-0.2, -0.15) is 11.8 Å². The number of ether oxygens (including phenoxy) is 1. The molecule has 2 aliphatic rings. The standard InChI is InChI=1S/C17H25NO2S/c1-12-9-13(2)15(18-11-12)16(19)14-3-6-20-17(10-14)4-7-21-8-5-17/h9,11,14,16,19H,3-8,10H2,1-2H3. The number of aryl methyl sites for hydroxylation is 2. The predicted molar refractivity (Wildman–Crippen MR) is 86.6 cm³/mol. The smallest absolute Gasteiger partial charge is 0.0992 e. The third-order valence-electron chi connectivity index (χ3n) is 4.92. The lowest BCUT2D eigenvalue weighted by Gasteiger charge is -2.44. The van der Waals surface area contributed by atoms with Crippen LogP contribution in [0.2, 0.25) is 0 Å². The number of pyridine rings is 1. The number of nitrogens with zero attached hydrogens (tertiary/aromatic N) is 1. The van der Waals surface area contributed by atoms with E-state index >= 15 is 0 Å². The van der Waals surface area contributed by atoms with E-state index in [-0.39, 0.29) is 11.5 Å². The summed E-state index contributed by atoms with van der Waals surface area (Å²) in [6.07, 6.45) is 5.57. The van der Waals surface area contributed by atoms with Gasteiger partial charge in [0.1, 0.15) is 0 Å². The fourth-order valence-electron chi connectivity index (χ4n) is 3.69. The van der Waals surface area contributed by atoms with Crippen molar-refractivity contribution >= 4 is 11.8 Å². The highest BCUT2D eigenvalue weighted by atomic mass is 32.2. The van der Waals surface area contributed by atoms with Gasteiger partial charge in [0.05, 0.1) is 17.4 Å². The maximum Gasteiger partial charge on any atom is 0.0992 e. The van der Waals surface area contributed by atoms with Crippen LogP contribution in [-0.4, -0.2) is 33.8 Å². The Bertz CT molecular complexity index is 494. The van der Waals surface area contributed by atoms with Gasteiger partial charge < -0.3 is 9.84 Å². The van der Waals surface area contributed by atoms with Gasteiger partial charge in [-0.15, -0.1) is 0 Å². The van der Waals surface area contributed by atoms with Crippen LogP contribution in [0.1, 0.15) is 48.6 Å². The zero-order valence-electron chi connectivity index (χ0n) is 13.0. The molecule has 2 atom stereocenters. The van der Waals surface area contributed by atoms with Gasteiger partial charge in [0.15, 0.2) is 0 Å². The van der Waals surface area contributed by atoms with Crippen LogP contribution in [0, 0.1) is 19.8 Å². The molecule has 2 aliphatic heterocycles. The van der Waals surface area contributed by atoms with Crippen molar-refractivity contribution in [3.63, 3.8) is 0 Å². The molecule has 0 aliphatic carbocycles. The molecule has 2 fully saturated rings. The number of hydrogen-bond acceptors (Lipinski definition) is 4. The Morgan fingerprint density at radius 3 is 2.86 bits per heavy atom. The second-order valence-electron chi connectivity index (χ2n) is 6.56. The molecule has 0 saturated carbocycles. The van der Waals surface area contributed by atoms with Crippen LogP contribution >= 0.6 is 11.8 Å². The van der Waals surface area contributed by atoms with E-state index in [9.17, 15) is 5.11 Å². The molecule has 3 nitrogen and oxygen atoms in total. The molecular weight excluding hydrogens is 282 g/mol. The first-order chi connectivity index (χ1) is 10.1. The molecule has 3 rings (SSSR count). The first-order valence-corrected chi connectivity index (χ1v) is 9.08. The summed E-state index contributed by atoms with van der Waals surface area (Å²) < 4.78 is 6.13. The first kappa shape index (κ1) is 15.3. The number of rotatable bonds is 2.